The van der Waals surface area contributed by atoms with Gasteiger partial charge in [-0.1, -0.05) is 24.3 Å². The maximum absolute atomic E-state index is 13.1. The summed E-state index contributed by atoms with van der Waals surface area (Å²) in [7, 11) is -1.89. The van der Waals surface area contributed by atoms with Crippen LogP contribution in [0.4, 0.5) is 0 Å². The molecule has 1 aromatic heterocycles. The number of hydrogen-bond donors (Lipinski definition) is 0. The molecule has 0 saturated heterocycles. The predicted molar refractivity (Wildman–Crippen MR) is 95.3 cm³/mol. The van der Waals surface area contributed by atoms with Crippen molar-refractivity contribution in [3.8, 4) is 0 Å². The molecule has 1 aromatic carbocycles. The van der Waals surface area contributed by atoms with Crippen LogP contribution in [-0.2, 0) is 36.5 Å². The molecule has 25 heavy (non-hydrogen) atoms. The number of hydrogen-bond acceptors (Lipinski definition) is 4. The molecular formula is C18H19N3O3S. The van der Waals surface area contributed by atoms with E-state index in [9.17, 15) is 13.2 Å². The van der Waals surface area contributed by atoms with E-state index in [2.05, 4.69) is 4.98 Å². The van der Waals surface area contributed by atoms with E-state index in [1.807, 2.05) is 24.3 Å². The van der Waals surface area contributed by atoms with E-state index >= 15 is 0 Å². The zero-order chi connectivity index (χ0) is 17.6. The first kappa shape index (κ1) is 16.2. The van der Waals surface area contributed by atoms with E-state index in [0.717, 1.165) is 12.0 Å². The molecule has 0 bridgehead atoms. The van der Waals surface area contributed by atoms with Crippen molar-refractivity contribution in [1.82, 2.24) is 13.9 Å². The van der Waals surface area contributed by atoms with E-state index in [0.29, 0.717) is 35.5 Å². The molecule has 2 aliphatic rings. The summed E-state index contributed by atoms with van der Waals surface area (Å²) in [5, 5.41) is 0. The molecule has 0 unspecified atom stereocenters. The van der Waals surface area contributed by atoms with E-state index < -0.39 is 10.0 Å². The minimum absolute atomic E-state index is 0.0899. The van der Waals surface area contributed by atoms with Crippen molar-refractivity contribution in [2.75, 3.05) is 6.54 Å². The molecule has 7 heteroatoms. The Labute approximate surface area is 146 Å². The summed E-state index contributed by atoms with van der Waals surface area (Å²) in [6, 6.07) is 7.87. The number of benzene rings is 1. The maximum atomic E-state index is 13.1. The van der Waals surface area contributed by atoms with Crippen molar-refractivity contribution in [2.24, 2.45) is 7.05 Å². The third-order valence-corrected chi connectivity index (χ3v) is 6.91. The van der Waals surface area contributed by atoms with Crippen LogP contribution in [0.25, 0.3) is 6.08 Å². The van der Waals surface area contributed by atoms with Gasteiger partial charge in [-0.05, 0) is 36.5 Å². The monoisotopic (exact) mass is 357 g/mol. The van der Waals surface area contributed by atoms with Crippen molar-refractivity contribution in [1.29, 1.82) is 0 Å². The Hall–Kier alpha value is -2.25. The van der Waals surface area contributed by atoms with Crippen LogP contribution in [0.5, 0.6) is 0 Å². The molecule has 0 N–H and O–H groups in total. The van der Waals surface area contributed by atoms with E-state index in [-0.39, 0.29) is 12.1 Å². The van der Waals surface area contributed by atoms with Gasteiger partial charge in [-0.3, -0.25) is 4.79 Å². The van der Waals surface area contributed by atoms with Crippen molar-refractivity contribution in [3.63, 3.8) is 0 Å². The van der Waals surface area contributed by atoms with E-state index in [1.54, 1.807) is 13.1 Å². The molecule has 0 saturated carbocycles. The maximum Gasteiger partial charge on any atom is 0.256 e. The van der Waals surface area contributed by atoms with Gasteiger partial charge in [0.25, 0.3) is 5.56 Å². The molecule has 0 atom stereocenters. The summed E-state index contributed by atoms with van der Waals surface area (Å²) in [6.45, 7) is 0.474. The molecule has 4 rings (SSSR count). The van der Waals surface area contributed by atoms with Gasteiger partial charge >= 0.3 is 0 Å². The molecular weight excluding hydrogens is 338 g/mol. The molecule has 0 spiro atoms. The number of sulfonamides is 1. The Kier molecular flexibility index (Phi) is 3.85. The van der Waals surface area contributed by atoms with Crippen LogP contribution >= 0.6 is 0 Å². The minimum Gasteiger partial charge on any atom is -0.302 e. The largest absolute Gasteiger partial charge is 0.302 e. The zero-order valence-electron chi connectivity index (χ0n) is 14.0. The SMILES string of the molecule is Cn1cnc2c(c1=O)CCN(S(=O)(=O)C1=Cc3ccccc3CC1)C2. The summed E-state index contributed by atoms with van der Waals surface area (Å²) < 4.78 is 29.0. The number of aromatic nitrogens is 2. The molecule has 6 nitrogen and oxygen atoms in total. The van der Waals surface area contributed by atoms with Crippen LogP contribution in [0.2, 0.25) is 0 Å². The van der Waals surface area contributed by atoms with Crippen molar-refractivity contribution in [3.05, 3.63) is 68.2 Å². The molecule has 0 radical (unpaired) electrons. The lowest BCUT2D eigenvalue weighted by Crippen LogP contribution is -2.40. The average Bonchev–Trinajstić information content (AvgIpc) is 2.64. The fraction of sp³-hybridized carbons (Fsp3) is 0.333. The van der Waals surface area contributed by atoms with Gasteiger partial charge in [0.2, 0.25) is 10.0 Å². The molecule has 2 heterocycles. The highest BCUT2D eigenvalue weighted by molar-refractivity contribution is 7.93. The van der Waals surface area contributed by atoms with E-state index in [1.165, 1.54) is 20.8 Å². The highest BCUT2D eigenvalue weighted by Crippen LogP contribution is 2.30. The standard InChI is InChI=1S/C18H19N3O3S/c1-20-12-19-17-11-21(9-8-16(17)18(20)22)25(23,24)15-7-6-13-4-2-3-5-14(13)10-15/h2-5,10,12H,6-9,11H2,1H3. The lowest BCUT2D eigenvalue weighted by Gasteiger charge is -2.29. The molecule has 1 aliphatic carbocycles. The summed E-state index contributed by atoms with van der Waals surface area (Å²) >= 11 is 0. The Bertz CT molecular complexity index is 1040. The smallest absolute Gasteiger partial charge is 0.256 e. The first-order valence-electron chi connectivity index (χ1n) is 8.29. The quantitative estimate of drug-likeness (QED) is 0.816. The number of allylic oxidation sites excluding steroid dienone is 1. The second-order valence-electron chi connectivity index (χ2n) is 6.48. The van der Waals surface area contributed by atoms with E-state index in [4.69, 9.17) is 0 Å². The van der Waals surface area contributed by atoms with Gasteiger partial charge in [-0.15, -0.1) is 0 Å². The number of nitrogens with zero attached hydrogens (tertiary/aromatic N) is 3. The van der Waals surface area contributed by atoms with Crippen LogP contribution < -0.4 is 5.56 Å². The lowest BCUT2D eigenvalue weighted by molar-refractivity contribution is 0.385. The third kappa shape index (κ3) is 2.73. The predicted octanol–water partition coefficient (Wildman–Crippen LogP) is 1.46. The lowest BCUT2D eigenvalue weighted by atomic mass is 9.98. The zero-order valence-corrected chi connectivity index (χ0v) is 14.8. The van der Waals surface area contributed by atoms with Gasteiger partial charge in [0, 0.05) is 19.2 Å². The van der Waals surface area contributed by atoms with Crippen LogP contribution in [0.15, 0.2) is 40.3 Å². The van der Waals surface area contributed by atoms with Crippen LogP contribution in [-0.4, -0.2) is 28.8 Å². The van der Waals surface area contributed by atoms with Gasteiger partial charge in [-0.2, -0.15) is 4.31 Å². The number of fused-ring (bicyclic) bond motifs is 2. The summed E-state index contributed by atoms with van der Waals surface area (Å²) in [6.07, 6.45) is 4.87. The third-order valence-electron chi connectivity index (χ3n) is 4.93. The average molecular weight is 357 g/mol. The minimum atomic E-state index is -3.55. The topological polar surface area (TPSA) is 72.3 Å². The van der Waals surface area contributed by atoms with Crippen LogP contribution in [0, 0.1) is 0 Å². The van der Waals surface area contributed by atoms with Gasteiger partial charge < -0.3 is 4.57 Å². The van der Waals surface area contributed by atoms with Gasteiger partial charge in [0.05, 0.1) is 23.5 Å². The Morgan fingerprint density at radius 3 is 2.76 bits per heavy atom. The summed E-state index contributed by atoms with van der Waals surface area (Å²) in [5.74, 6) is 0. The van der Waals surface area contributed by atoms with Crippen molar-refractivity contribution < 1.29 is 8.42 Å². The van der Waals surface area contributed by atoms with Gasteiger partial charge in [0.1, 0.15) is 0 Å². The second-order valence-corrected chi connectivity index (χ2v) is 8.47. The fourth-order valence-electron chi connectivity index (χ4n) is 3.47. The summed E-state index contributed by atoms with van der Waals surface area (Å²) in [4.78, 5) is 16.9. The molecule has 1 aliphatic heterocycles. The Morgan fingerprint density at radius 2 is 1.92 bits per heavy atom. The molecule has 2 aromatic rings. The first-order valence-corrected chi connectivity index (χ1v) is 9.73. The Balaban J connectivity index is 1.67. The Morgan fingerprint density at radius 1 is 1.12 bits per heavy atom. The van der Waals surface area contributed by atoms with Gasteiger partial charge in [0.15, 0.2) is 0 Å². The second kappa shape index (κ2) is 5.93. The highest BCUT2D eigenvalue weighted by Gasteiger charge is 2.32. The molecule has 0 fully saturated rings. The first-order chi connectivity index (χ1) is 12.0. The fourth-order valence-corrected chi connectivity index (χ4v) is 5.07. The van der Waals surface area contributed by atoms with Crippen LogP contribution in [0.3, 0.4) is 0 Å². The van der Waals surface area contributed by atoms with Crippen molar-refractivity contribution in [2.45, 2.75) is 25.8 Å². The molecule has 130 valence electrons. The number of aryl methyl sites for hydroxylation is 2. The van der Waals surface area contributed by atoms with Crippen LogP contribution in [0.1, 0.15) is 28.8 Å². The highest BCUT2D eigenvalue weighted by atomic mass is 32.2. The normalized spacial score (nSPS) is 17.6. The van der Waals surface area contributed by atoms with Crippen molar-refractivity contribution >= 4 is 16.1 Å². The van der Waals surface area contributed by atoms with Gasteiger partial charge in [-0.25, -0.2) is 13.4 Å². The number of rotatable bonds is 2. The summed E-state index contributed by atoms with van der Waals surface area (Å²) in [5.41, 5.74) is 3.24. The molecule has 0 amide bonds.